The van der Waals surface area contributed by atoms with Gasteiger partial charge in [-0.3, -0.25) is 0 Å². The molecule has 4 heteroatoms. The van der Waals surface area contributed by atoms with Crippen molar-refractivity contribution in [2.24, 2.45) is 0 Å². The van der Waals surface area contributed by atoms with E-state index in [0.29, 0.717) is 17.5 Å². The van der Waals surface area contributed by atoms with Crippen LogP contribution in [-0.4, -0.2) is 15.0 Å². The number of hydrogen-bond acceptors (Lipinski definition) is 4. The lowest BCUT2D eigenvalue weighted by molar-refractivity contribution is 0.353. The van der Waals surface area contributed by atoms with Gasteiger partial charge in [0.1, 0.15) is 11.2 Å². The average molecular weight is 708 g/mol. The number of furan rings is 1. The van der Waals surface area contributed by atoms with E-state index in [1.165, 1.54) is 71.0 Å². The summed E-state index contributed by atoms with van der Waals surface area (Å²) in [5.74, 6) is 1.88. The maximum Gasteiger partial charge on any atom is 0.164 e. The monoisotopic (exact) mass is 707 g/mol. The molecule has 0 bridgehead atoms. The van der Waals surface area contributed by atoms with Crippen LogP contribution in [0, 0.1) is 0 Å². The molecule has 2 aliphatic rings. The topological polar surface area (TPSA) is 51.8 Å². The van der Waals surface area contributed by atoms with E-state index in [1.54, 1.807) is 0 Å². The standard InChI is InChI=1S/C51H37N3O/c1-3-12-36(13-4-1)48-52-49(54-50(53-48)42-16-11-19-46-47(42)41-15-6-8-18-45(41)55-46)37-26-24-34(25-27-37)33-20-22-35(23-21-33)38-28-29-40-39-14-5-7-17-43(39)51(44(40)32-38)30-9-2-10-31-51/h1,3-8,11-29,32H,2,9-10,30-31H2. The second-order valence-corrected chi connectivity index (χ2v) is 15.1. The van der Waals surface area contributed by atoms with E-state index in [9.17, 15) is 0 Å². The van der Waals surface area contributed by atoms with E-state index in [-0.39, 0.29) is 5.41 Å². The van der Waals surface area contributed by atoms with Crippen molar-refractivity contribution in [2.75, 3.05) is 0 Å². The first-order chi connectivity index (χ1) is 27.2. The fourth-order valence-corrected chi connectivity index (χ4v) is 9.30. The molecule has 55 heavy (non-hydrogen) atoms. The van der Waals surface area contributed by atoms with Gasteiger partial charge in [0.2, 0.25) is 0 Å². The highest BCUT2D eigenvalue weighted by Crippen LogP contribution is 2.56. The minimum Gasteiger partial charge on any atom is -0.456 e. The molecule has 0 unspecified atom stereocenters. The molecule has 262 valence electrons. The van der Waals surface area contributed by atoms with E-state index in [1.807, 2.05) is 60.7 Å². The Kier molecular flexibility index (Phi) is 7.38. The molecule has 1 spiro atoms. The number of para-hydroxylation sites is 1. The van der Waals surface area contributed by atoms with Crippen LogP contribution in [0.4, 0.5) is 0 Å². The molecule has 7 aromatic carbocycles. The van der Waals surface area contributed by atoms with Crippen LogP contribution in [0.1, 0.15) is 43.2 Å². The zero-order valence-corrected chi connectivity index (χ0v) is 30.4. The SMILES string of the molecule is c1ccc(-c2nc(-c3ccc(-c4ccc(-c5ccc6c(c5)C5(CCCCC5)c5ccccc5-6)cc4)cc3)nc(-c3cccc4oc5ccccc5c34)n2)cc1. The number of hydrogen-bond donors (Lipinski definition) is 0. The van der Waals surface area contributed by atoms with Gasteiger partial charge in [0.25, 0.3) is 0 Å². The lowest BCUT2D eigenvalue weighted by Crippen LogP contribution is -2.28. The Morgan fingerprint density at radius 3 is 1.69 bits per heavy atom. The highest BCUT2D eigenvalue weighted by atomic mass is 16.3. The average Bonchev–Trinajstić information content (AvgIpc) is 3.77. The molecule has 4 nitrogen and oxygen atoms in total. The van der Waals surface area contributed by atoms with Gasteiger partial charge in [-0.15, -0.1) is 0 Å². The summed E-state index contributed by atoms with van der Waals surface area (Å²) in [6.45, 7) is 0. The third-order valence-electron chi connectivity index (χ3n) is 12.0. The van der Waals surface area contributed by atoms with E-state index in [0.717, 1.165) is 44.2 Å². The second kappa shape index (κ2) is 12.7. The van der Waals surface area contributed by atoms with Gasteiger partial charge in [-0.1, -0.05) is 165 Å². The maximum absolute atomic E-state index is 6.21. The Balaban J connectivity index is 0.931. The number of aromatic nitrogens is 3. The minimum absolute atomic E-state index is 0.157. The summed E-state index contributed by atoms with van der Waals surface area (Å²) >= 11 is 0. The van der Waals surface area contributed by atoms with Crippen LogP contribution in [0.25, 0.3) is 89.5 Å². The van der Waals surface area contributed by atoms with Crippen LogP contribution in [0.15, 0.2) is 168 Å². The number of benzene rings is 7. The molecule has 0 aliphatic heterocycles. The second-order valence-electron chi connectivity index (χ2n) is 15.1. The number of rotatable bonds is 5. The zero-order chi connectivity index (χ0) is 36.3. The van der Waals surface area contributed by atoms with Gasteiger partial charge in [-0.25, -0.2) is 15.0 Å². The van der Waals surface area contributed by atoms with Crippen LogP contribution < -0.4 is 0 Å². The fourth-order valence-electron chi connectivity index (χ4n) is 9.30. The summed E-state index contributed by atoms with van der Waals surface area (Å²) in [6.07, 6.45) is 6.42. The van der Waals surface area contributed by atoms with Crippen molar-refractivity contribution in [1.29, 1.82) is 0 Å². The first kappa shape index (κ1) is 31.8. The molecule has 11 rings (SSSR count). The number of nitrogens with zero attached hydrogens (tertiary/aromatic N) is 3. The van der Waals surface area contributed by atoms with E-state index in [4.69, 9.17) is 19.4 Å². The van der Waals surface area contributed by atoms with Crippen molar-refractivity contribution in [2.45, 2.75) is 37.5 Å². The van der Waals surface area contributed by atoms with E-state index >= 15 is 0 Å². The summed E-state index contributed by atoms with van der Waals surface area (Å²) in [7, 11) is 0. The largest absolute Gasteiger partial charge is 0.456 e. The molecule has 0 saturated heterocycles. The van der Waals surface area contributed by atoms with Gasteiger partial charge in [0.05, 0.1) is 0 Å². The first-order valence-electron chi connectivity index (χ1n) is 19.4. The number of fused-ring (bicyclic) bond motifs is 8. The van der Waals surface area contributed by atoms with Gasteiger partial charge in [0, 0.05) is 32.9 Å². The van der Waals surface area contributed by atoms with Gasteiger partial charge in [0.15, 0.2) is 17.5 Å². The molecule has 2 aromatic heterocycles. The molecular formula is C51H37N3O. The lowest BCUT2D eigenvalue weighted by Gasteiger charge is -2.36. The summed E-state index contributed by atoms with van der Waals surface area (Å²) in [5.41, 5.74) is 15.4. The molecule has 1 saturated carbocycles. The van der Waals surface area contributed by atoms with Gasteiger partial charge < -0.3 is 4.42 Å². The normalized spacial score (nSPS) is 14.3. The molecule has 0 amide bonds. The highest BCUT2D eigenvalue weighted by Gasteiger charge is 2.43. The third-order valence-corrected chi connectivity index (χ3v) is 12.0. The quantitative estimate of drug-likeness (QED) is 0.179. The van der Waals surface area contributed by atoms with E-state index in [2.05, 4.69) is 103 Å². The van der Waals surface area contributed by atoms with Gasteiger partial charge in [-0.05, 0) is 75.5 Å². The first-order valence-corrected chi connectivity index (χ1v) is 19.4. The fraction of sp³-hybridized carbons (Fsp3) is 0.118. The molecule has 2 heterocycles. The van der Waals surface area contributed by atoms with Crippen LogP contribution in [-0.2, 0) is 5.41 Å². The summed E-state index contributed by atoms with van der Waals surface area (Å²) in [4.78, 5) is 15.1. The van der Waals surface area contributed by atoms with Crippen molar-refractivity contribution in [3.63, 3.8) is 0 Å². The Bertz CT molecular complexity index is 2880. The van der Waals surface area contributed by atoms with Crippen molar-refractivity contribution in [3.05, 3.63) is 175 Å². The Labute approximate surface area is 320 Å². The van der Waals surface area contributed by atoms with Gasteiger partial charge in [-0.2, -0.15) is 0 Å². The molecule has 1 fully saturated rings. The zero-order valence-electron chi connectivity index (χ0n) is 30.4. The molecule has 9 aromatic rings. The molecule has 0 radical (unpaired) electrons. The molecule has 0 atom stereocenters. The van der Waals surface area contributed by atoms with Crippen molar-refractivity contribution >= 4 is 21.9 Å². The van der Waals surface area contributed by atoms with Crippen LogP contribution >= 0.6 is 0 Å². The third kappa shape index (κ3) is 5.24. The summed E-state index contributed by atoms with van der Waals surface area (Å²) < 4.78 is 6.21. The predicted octanol–water partition coefficient (Wildman–Crippen LogP) is 13.3. The minimum atomic E-state index is 0.157. The highest BCUT2D eigenvalue weighted by molar-refractivity contribution is 6.11. The summed E-state index contributed by atoms with van der Waals surface area (Å²) in [6, 6.07) is 58.2. The maximum atomic E-state index is 6.21. The molecule has 2 aliphatic carbocycles. The van der Waals surface area contributed by atoms with Crippen molar-refractivity contribution in [1.82, 2.24) is 15.0 Å². The smallest absolute Gasteiger partial charge is 0.164 e. The van der Waals surface area contributed by atoms with Crippen LogP contribution in [0.2, 0.25) is 0 Å². The van der Waals surface area contributed by atoms with Gasteiger partial charge >= 0.3 is 0 Å². The van der Waals surface area contributed by atoms with Crippen molar-refractivity contribution < 1.29 is 4.42 Å². The van der Waals surface area contributed by atoms with E-state index < -0.39 is 0 Å². The summed E-state index contributed by atoms with van der Waals surface area (Å²) in [5, 5.41) is 2.05. The predicted molar refractivity (Wildman–Crippen MR) is 224 cm³/mol. The van der Waals surface area contributed by atoms with Crippen molar-refractivity contribution in [3.8, 4) is 67.5 Å². The Hall–Kier alpha value is -6.65. The molecular weight excluding hydrogens is 671 g/mol. The Morgan fingerprint density at radius 1 is 0.382 bits per heavy atom. The lowest BCUT2D eigenvalue weighted by atomic mass is 9.67. The Morgan fingerprint density at radius 2 is 0.927 bits per heavy atom. The van der Waals surface area contributed by atoms with Crippen LogP contribution in [0.3, 0.4) is 0 Å². The van der Waals surface area contributed by atoms with Crippen LogP contribution in [0.5, 0.6) is 0 Å². The molecule has 0 N–H and O–H groups in total.